The van der Waals surface area contributed by atoms with Crippen molar-refractivity contribution in [2.45, 2.75) is 103 Å². The van der Waals surface area contributed by atoms with Gasteiger partial charge in [0.15, 0.2) is 0 Å². The molecule has 0 amide bonds. The van der Waals surface area contributed by atoms with E-state index in [1.807, 2.05) is 11.8 Å². The lowest BCUT2D eigenvalue weighted by atomic mass is 10.0. The number of thioether (sulfide) groups is 1. The Labute approximate surface area is 148 Å². The zero-order valence-corrected chi connectivity index (χ0v) is 16.3. The predicted octanol–water partition coefficient (Wildman–Crippen LogP) is 7.36. The van der Waals surface area contributed by atoms with Crippen LogP contribution in [0.5, 0.6) is 0 Å². The van der Waals surface area contributed by atoms with E-state index >= 15 is 0 Å². The van der Waals surface area contributed by atoms with Crippen molar-refractivity contribution in [3.63, 3.8) is 0 Å². The number of hydrogen-bond donors (Lipinski definition) is 0. The van der Waals surface area contributed by atoms with E-state index in [9.17, 15) is 4.79 Å². The van der Waals surface area contributed by atoms with E-state index in [4.69, 9.17) is 11.6 Å². The first kappa shape index (κ1) is 22.3. The molecule has 0 aliphatic carbocycles. The summed E-state index contributed by atoms with van der Waals surface area (Å²) in [6.45, 7) is 2.28. The van der Waals surface area contributed by atoms with E-state index in [1.54, 1.807) is 0 Å². The van der Waals surface area contributed by atoms with Crippen LogP contribution in [-0.4, -0.2) is 16.7 Å². The average Bonchev–Trinajstić information content (AvgIpc) is 2.50. The summed E-state index contributed by atoms with van der Waals surface area (Å²) in [6, 6.07) is 0. The van der Waals surface area contributed by atoms with Gasteiger partial charge in [-0.05, 0) is 23.8 Å². The van der Waals surface area contributed by atoms with Crippen LogP contribution >= 0.6 is 23.4 Å². The van der Waals surface area contributed by atoms with Crippen LogP contribution in [0, 0.1) is 0 Å². The van der Waals surface area contributed by atoms with Crippen molar-refractivity contribution >= 4 is 28.6 Å². The molecule has 0 bridgehead atoms. The molecule has 0 saturated heterocycles. The van der Waals surface area contributed by atoms with Gasteiger partial charge in [-0.25, -0.2) is 0 Å². The van der Waals surface area contributed by atoms with Gasteiger partial charge >= 0.3 is 0 Å². The number of halogens is 1. The Balaban J connectivity index is 2.95. The van der Waals surface area contributed by atoms with Gasteiger partial charge in [-0.15, -0.1) is 0 Å². The Morgan fingerprint density at radius 1 is 0.682 bits per heavy atom. The third-order valence-corrected chi connectivity index (χ3v) is 5.34. The van der Waals surface area contributed by atoms with Gasteiger partial charge in [-0.2, -0.15) is 11.8 Å². The first-order chi connectivity index (χ1) is 10.8. The van der Waals surface area contributed by atoms with Crippen LogP contribution in [-0.2, 0) is 4.79 Å². The maximum absolute atomic E-state index is 10.6. The second-order valence-corrected chi connectivity index (χ2v) is 7.96. The molecule has 0 fully saturated rings. The van der Waals surface area contributed by atoms with Gasteiger partial charge in [0, 0.05) is 12.2 Å². The van der Waals surface area contributed by atoms with Gasteiger partial charge in [-0.1, -0.05) is 90.4 Å². The maximum Gasteiger partial charge on any atom is 0.222 e. The molecule has 22 heavy (non-hydrogen) atoms. The van der Waals surface area contributed by atoms with E-state index < -0.39 is 0 Å². The van der Waals surface area contributed by atoms with E-state index in [0.29, 0.717) is 6.42 Å². The summed E-state index contributed by atoms with van der Waals surface area (Å²) in [4.78, 5) is 10.6. The van der Waals surface area contributed by atoms with Crippen molar-refractivity contribution < 1.29 is 4.79 Å². The molecule has 0 heterocycles. The molecule has 0 aromatic rings. The quantitative estimate of drug-likeness (QED) is 0.190. The fourth-order valence-corrected chi connectivity index (χ4v) is 3.80. The Hall–Kier alpha value is 0.310. The highest BCUT2D eigenvalue weighted by molar-refractivity contribution is 7.99. The lowest BCUT2D eigenvalue weighted by Gasteiger charge is -2.03. The highest BCUT2D eigenvalue weighted by atomic mass is 35.5. The van der Waals surface area contributed by atoms with Crippen molar-refractivity contribution in [1.82, 2.24) is 0 Å². The lowest BCUT2D eigenvalue weighted by molar-refractivity contribution is -0.111. The smallest absolute Gasteiger partial charge is 0.222 e. The topological polar surface area (TPSA) is 17.1 Å². The number of unbranched alkanes of at least 4 members (excludes halogenated alkanes) is 13. The molecule has 0 radical (unpaired) electrons. The Kier molecular flexibility index (Phi) is 19.6. The third-order valence-electron chi connectivity index (χ3n) is 4.09. The normalized spacial score (nSPS) is 11.0. The van der Waals surface area contributed by atoms with Gasteiger partial charge in [0.05, 0.1) is 0 Å². The molecule has 0 atom stereocenters. The highest BCUT2D eigenvalue weighted by Gasteiger charge is 1.97. The van der Waals surface area contributed by atoms with E-state index in [1.165, 1.54) is 95.6 Å². The van der Waals surface area contributed by atoms with Crippen LogP contribution in [0.1, 0.15) is 103 Å². The molecule has 1 nitrogen and oxygen atoms in total. The fraction of sp³-hybridized carbons (Fsp3) is 0.947. The monoisotopic (exact) mass is 348 g/mol. The summed E-state index contributed by atoms with van der Waals surface area (Å²) in [6.07, 6.45) is 20.2. The van der Waals surface area contributed by atoms with Crippen molar-refractivity contribution in [3.05, 3.63) is 0 Å². The first-order valence-corrected chi connectivity index (χ1v) is 11.1. The standard InChI is InChI=1S/C19H37ClOS/c1-2-3-4-5-6-7-8-9-10-11-12-13-14-15-17-22-18-16-19(20)21/h2-18H2,1H3. The third kappa shape index (κ3) is 20.3. The largest absolute Gasteiger partial charge is 0.281 e. The Morgan fingerprint density at radius 2 is 1.09 bits per heavy atom. The van der Waals surface area contributed by atoms with Gasteiger partial charge in [-0.3, -0.25) is 4.79 Å². The zero-order chi connectivity index (χ0) is 16.3. The van der Waals surface area contributed by atoms with Crippen molar-refractivity contribution in [2.24, 2.45) is 0 Å². The second-order valence-electron chi connectivity index (χ2n) is 6.31. The van der Waals surface area contributed by atoms with Crippen molar-refractivity contribution in [3.8, 4) is 0 Å². The number of carbonyl (C=O) groups excluding carboxylic acids is 1. The summed E-state index contributed by atoms with van der Waals surface area (Å²) in [5.41, 5.74) is 0. The minimum atomic E-state index is -0.201. The highest BCUT2D eigenvalue weighted by Crippen LogP contribution is 2.14. The van der Waals surface area contributed by atoms with Crippen LogP contribution in [0.2, 0.25) is 0 Å². The number of carbonyl (C=O) groups is 1. The summed E-state index contributed by atoms with van der Waals surface area (Å²) in [5, 5.41) is -0.201. The fourth-order valence-electron chi connectivity index (χ4n) is 2.65. The van der Waals surface area contributed by atoms with Gasteiger partial charge < -0.3 is 0 Å². The summed E-state index contributed by atoms with van der Waals surface area (Å²) in [5.74, 6) is 2.07. The minimum Gasteiger partial charge on any atom is -0.281 e. The molecule has 0 aromatic heterocycles. The summed E-state index contributed by atoms with van der Waals surface area (Å²) >= 11 is 7.16. The van der Waals surface area contributed by atoms with Crippen LogP contribution in [0.4, 0.5) is 0 Å². The number of rotatable bonds is 18. The van der Waals surface area contributed by atoms with Crippen molar-refractivity contribution in [1.29, 1.82) is 0 Å². The molecular weight excluding hydrogens is 312 g/mol. The molecule has 0 spiro atoms. The molecule has 0 aliphatic heterocycles. The lowest BCUT2D eigenvalue weighted by Crippen LogP contribution is -1.90. The van der Waals surface area contributed by atoms with Crippen molar-refractivity contribution in [2.75, 3.05) is 11.5 Å². The average molecular weight is 349 g/mol. The van der Waals surface area contributed by atoms with Crippen LogP contribution in [0.25, 0.3) is 0 Å². The maximum atomic E-state index is 10.6. The van der Waals surface area contributed by atoms with E-state index in [2.05, 4.69) is 6.92 Å². The molecule has 0 saturated carbocycles. The van der Waals surface area contributed by atoms with Gasteiger partial charge in [0.2, 0.25) is 5.24 Å². The SMILES string of the molecule is CCCCCCCCCCCCCCCCSCCC(=O)Cl. The predicted molar refractivity (Wildman–Crippen MR) is 103 cm³/mol. The molecule has 0 rings (SSSR count). The Morgan fingerprint density at radius 3 is 1.50 bits per heavy atom. The molecule has 132 valence electrons. The molecule has 0 aromatic carbocycles. The van der Waals surface area contributed by atoms with Gasteiger partial charge in [0.1, 0.15) is 0 Å². The van der Waals surface area contributed by atoms with E-state index in [-0.39, 0.29) is 5.24 Å². The summed E-state index contributed by atoms with van der Waals surface area (Å²) < 4.78 is 0. The molecule has 3 heteroatoms. The molecular formula is C19H37ClOS. The van der Waals surface area contributed by atoms with E-state index in [0.717, 1.165) is 5.75 Å². The first-order valence-electron chi connectivity index (χ1n) is 9.53. The number of hydrogen-bond acceptors (Lipinski definition) is 2. The Bertz CT molecular complexity index is 233. The second kappa shape index (κ2) is 19.4. The zero-order valence-electron chi connectivity index (χ0n) is 14.7. The molecule has 0 aliphatic rings. The molecule has 0 N–H and O–H groups in total. The summed E-state index contributed by atoms with van der Waals surface area (Å²) in [7, 11) is 0. The molecule has 0 unspecified atom stereocenters. The minimum absolute atomic E-state index is 0.201. The van der Waals surface area contributed by atoms with Crippen LogP contribution in [0.3, 0.4) is 0 Å². The van der Waals surface area contributed by atoms with Gasteiger partial charge in [0.25, 0.3) is 0 Å². The van der Waals surface area contributed by atoms with Crippen LogP contribution < -0.4 is 0 Å². The van der Waals surface area contributed by atoms with Crippen LogP contribution in [0.15, 0.2) is 0 Å².